The highest BCUT2D eigenvalue weighted by atomic mass is 16.5. The molecule has 1 aliphatic rings. The number of aliphatic hydroxyl groups is 1. The Morgan fingerprint density at radius 2 is 2.32 bits per heavy atom. The van der Waals surface area contributed by atoms with Gasteiger partial charge in [-0.3, -0.25) is 0 Å². The van der Waals surface area contributed by atoms with E-state index in [1.165, 1.54) is 6.42 Å². The molecule has 5 nitrogen and oxygen atoms in total. The number of nitrogens with zero attached hydrogens (tertiary/aromatic N) is 3. The molecule has 0 unspecified atom stereocenters. The molecule has 0 aromatic heterocycles. The van der Waals surface area contributed by atoms with Crippen molar-refractivity contribution in [3.05, 3.63) is 40.3 Å². The second-order valence-electron chi connectivity index (χ2n) is 4.97. The van der Waals surface area contributed by atoms with Gasteiger partial charge in [-0.25, -0.2) is 0 Å². The van der Waals surface area contributed by atoms with E-state index in [1.807, 2.05) is 31.2 Å². The Kier molecular flexibility index (Phi) is 4.30. The van der Waals surface area contributed by atoms with Crippen LogP contribution in [0.3, 0.4) is 0 Å². The molecule has 0 bridgehead atoms. The summed E-state index contributed by atoms with van der Waals surface area (Å²) in [5.41, 5.74) is 8.02. The summed E-state index contributed by atoms with van der Waals surface area (Å²) >= 11 is 0. The minimum absolute atomic E-state index is 0.0346. The molecule has 0 heterocycles. The fourth-order valence-electron chi connectivity index (χ4n) is 2.10. The number of hydrogen-bond acceptors (Lipinski definition) is 3. The van der Waals surface area contributed by atoms with Crippen LogP contribution in [0.1, 0.15) is 38.2 Å². The van der Waals surface area contributed by atoms with Gasteiger partial charge in [0.25, 0.3) is 0 Å². The van der Waals surface area contributed by atoms with E-state index >= 15 is 0 Å². The maximum Gasteiger partial charge on any atom is 0.120 e. The topological polar surface area (TPSA) is 78.2 Å². The predicted molar refractivity (Wildman–Crippen MR) is 72.9 cm³/mol. The first-order chi connectivity index (χ1) is 9.18. The highest BCUT2D eigenvalue weighted by Gasteiger charge is 2.27. The van der Waals surface area contributed by atoms with E-state index in [0.29, 0.717) is 12.5 Å². The highest BCUT2D eigenvalue weighted by Crippen LogP contribution is 2.30. The lowest BCUT2D eigenvalue weighted by atomic mass is 9.91. The zero-order chi connectivity index (χ0) is 13.7. The molecule has 1 aliphatic carbocycles. The molecule has 0 radical (unpaired) electrons. The predicted octanol–water partition coefficient (Wildman–Crippen LogP) is 3.53. The molecule has 0 aliphatic heterocycles. The summed E-state index contributed by atoms with van der Waals surface area (Å²) in [4.78, 5) is 2.72. The van der Waals surface area contributed by atoms with Gasteiger partial charge < -0.3 is 9.84 Å². The Bertz CT molecular complexity index is 481. The molecule has 0 saturated heterocycles. The molecular formula is C14H19N3O2. The lowest BCUT2D eigenvalue weighted by Gasteiger charge is -2.29. The van der Waals surface area contributed by atoms with E-state index in [9.17, 15) is 5.11 Å². The van der Waals surface area contributed by atoms with Crippen molar-refractivity contribution in [3.63, 3.8) is 0 Å². The van der Waals surface area contributed by atoms with Crippen LogP contribution < -0.4 is 4.74 Å². The van der Waals surface area contributed by atoms with Crippen molar-refractivity contribution in [1.29, 1.82) is 0 Å². The minimum atomic E-state index is -1.12. The Hall–Kier alpha value is -1.71. The molecule has 1 aromatic rings. The second kappa shape index (κ2) is 5.95. The van der Waals surface area contributed by atoms with Crippen LogP contribution in [0.15, 0.2) is 29.4 Å². The summed E-state index contributed by atoms with van der Waals surface area (Å²) in [5, 5.41) is 14.0. The van der Waals surface area contributed by atoms with Gasteiger partial charge in [-0.15, -0.1) is 0 Å². The van der Waals surface area contributed by atoms with Crippen LogP contribution in [0.2, 0.25) is 0 Å². The molecule has 1 atom stereocenters. The smallest absolute Gasteiger partial charge is 0.120 e. The van der Waals surface area contributed by atoms with Crippen LogP contribution in [-0.2, 0) is 5.60 Å². The van der Waals surface area contributed by atoms with E-state index in [4.69, 9.17) is 10.3 Å². The maximum atomic E-state index is 10.5. The SMILES string of the molecule is CC[C@@](O)(CN=[N+]=[N-])c1cccc(OC2CCC2)c1. The van der Waals surface area contributed by atoms with Gasteiger partial charge in [0.15, 0.2) is 0 Å². The van der Waals surface area contributed by atoms with Gasteiger partial charge in [-0.1, -0.05) is 24.2 Å². The molecule has 2 rings (SSSR count). The Balaban J connectivity index is 2.17. The van der Waals surface area contributed by atoms with Crippen LogP contribution in [-0.4, -0.2) is 17.8 Å². The van der Waals surface area contributed by atoms with Gasteiger partial charge in [0.1, 0.15) is 5.75 Å². The monoisotopic (exact) mass is 261 g/mol. The van der Waals surface area contributed by atoms with Crippen molar-refractivity contribution in [2.24, 2.45) is 5.11 Å². The molecule has 19 heavy (non-hydrogen) atoms. The summed E-state index contributed by atoms with van der Waals surface area (Å²) in [6.45, 7) is 1.90. The third kappa shape index (κ3) is 3.19. The molecule has 0 spiro atoms. The van der Waals surface area contributed by atoms with Crippen LogP contribution in [0.4, 0.5) is 0 Å². The molecule has 1 saturated carbocycles. The average Bonchev–Trinajstić information content (AvgIpc) is 2.40. The normalized spacial score (nSPS) is 18.0. The first-order valence-corrected chi connectivity index (χ1v) is 6.68. The fraction of sp³-hybridized carbons (Fsp3) is 0.571. The van der Waals surface area contributed by atoms with E-state index in [0.717, 1.165) is 24.2 Å². The first-order valence-electron chi connectivity index (χ1n) is 6.68. The fourth-order valence-corrected chi connectivity index (χ4v) is 2.10. The maximum absolute atomic E-state index is 10.5. The largest absolute Gasteiger partial charge is 0.490 e. The number of hydrogen-bond donors (Lipinski definition) is 1. The van der Waals surface area contributed by atoms with Crippen molar-refractivity contribution in [1.82, 2.24) is 0 Å². The lowest BCUT2D eigenvalue weighted by Crippen LogP contribution is -2.29. The van der Waals surface area contributed by atoms with Gasteiger partial charge in [-0.2, -0.15) is 0 Å². The third-order valence-corrected chi connectivity index (χ3v) is 3.71. The van der Waals surface area contributed by atoms with Crippen LogP contribution in [0.25, 0.3) is 10.4 Å². The summed E-state index contributed by atoms with van der Waals surface area (Å²) in [7, 11) is 0. The van der Waals surface area contributed by atoms with Crippen LogP contribution in [0.5, 0.6) is 5.75 Å². The molecule has 1 fully saturated rings. The van der Waals surface area contributed by atoms with Crippen molar-refractivity contribution in [3.8, 4) is 5.75 Å². The molecular weight excluding hydrogens is 242 g/mol. The number of benzene rings is 1. The van der Waals surface area contributed by atoms with Crippen molar-refractivity contribution >= 4 is 0 Å². The summed E-state index contributed by atoms with van der Waals surface area (Å²) in [6, 6.07) is 7.43. The summed E-state index contributed by atoms with van der Waals surface area (Å²) in [6.07, 6.45) is 4.21. The van der Waals surface area contributed by atoms with E-state index in [-0.39, 0.29) is 6.54 Å². The van der Waals surface area contributed by atoms with Crippen molar-refractivity contribution < 1.29 is 9.84 Å². The van der Waals surface area contributed by atoms with Crippen molar-refractivity contribution in [2.75, 3.05) is 6.54 Å². The summed E-state index contributed by atoms with van der Waals surface area (Å²) in [5.74, 6) is 0.773. The first kappa shape index (κ1) is 13.7. The summed E-state index contributed by atoms with van der Waals surface area (Å²) < 4.78 is 5.82. The molecule has 102 valence electrons. The quantitative estimate of drug-likeness (QED) is 0.483. The average molecular weight is 261 g/mol. The van der Waals surface area contributed by atoms with E-state index in [2.05, 4.69) is 10.0 Å². The standard InChI is InChI=1S/C14H19N3O2/c1-2-14(18,10-16-17-15)11-5-3-8-13(9-11)19-12-6-4-7-12/h3,5,8-9,12,18H,2,4,6-7,10H2,1H3/t14-/m1/s1. The molecule has 5 heteroatoms. The number of ether oxygens (including phenoxy) is 1. The van der Waals surface area contributed by atoms with Gasteiger partial charge in [0, 0.05) is 4.91 Å². The van der Waals surface area contributed by atoms with E-state index < -0.39 is 5.60 Å². The zero-order valence-corrected chi connectivity index (χ0v) is 11.1. The number of rotatable bonds is 6. The Morgan fingerprint density at radius 3 is 2.89 bits per heavy atom. The molecule has 1 aromatic carbocycles. The number of azide groups is 1. The second-order valence-corrected chi connectivity index (χ2v) is 4.97. The van der Waals surface area contributed by atoms with E-state index in [1.54, 1.807) is 0 Å². The molecule has 0 amide bonds. The van der Waals surface area contributed by atoms with Gasteiger partial charge >= 0.3 is 0 Å². The van der Waals surface area contributed by atoms with Gasteiger partial charge in [-0.05, 0) is 48.9 Å². The minimum Gasteiger partial charge on any atom is -0.490 e. The van der Waals surface area contributed by atoms with Gasteiger partial charge in [0.05, 0.1) is 18.2 Å². The Labute approximate surface area is 112 Å². The van der Waals surface area contributed by atoms with Crippen molar-refractivity contribution in [2.45, 2.75) is 44.3 Å². The zero-order valence-electron chi connectivity index (χ0n) is 11.1. The van der Waals surface area contributed by atoms with Crippen LogP contribution >= 0.6 is 0 Å². The lowest BCUT2D eigenvalue weighted by molar-refractivity contribution is 0.0412. The molecule has 1 N–H and O–H groups in total. The van der Waals surface area contributed by atoms with Crippen LogP contribution in [0, 0.1) is 0 Å². The highest BCUT2D eigenvalue weighted by molar-refractivity contribution is 5.33. The Morgan fingerprint density at radius 1 is 1.53 bits per heavy atom. The van der Waals surface area contributed by atoms with Gasteiger partial charge in [0.2, 0.25) is 0 Å². The third-order valence-electron chi connectivity index (χ3n) is 3.71.